The summed E-state index contributed by atoms with van der Waals surface area (Å²) in [4.78, 5) is 10.9. The van der Waals surface area contributed by atoms with Crippen LogP contribution in [0.15, 0.2) is 16.7 Å². The molecule has 4 nitrogen and oxygen atoms in total. The number of carboxylic acid groups (broad SMARTS) is 1. The topological polar surface area (TPSA) is 62.5 Å². The first-order valence-electron chi connectivity index (χ1n) is 7.17. The van der Waals surface area contributed by atoms with Crippen LogP contribution < -0.4 is 5.32 Å². The van der Waals surface area contributed by atoms with Crippen LogP contribution in [0.5, 0.6) is 0 Å². The van der Waals surface area contributed by atoms with E-state index in [1.54, 1.807) is 0 Å². The van der Waals surface area contributed by atoms with E-state index in [1.165, 1.54) is 44.4 Å². The lowest BCUT2D eigenvalue weighted by molar-refractivity contribution is 0.0694. The number of hydrogen-bond donors (Lipinski definition) is 2. The van der Waals surface area contributed by atoms with Crippen molar-refractivity contribution >= 4 is 5.97 Å². The standard InChI is InChI=1S/C15H23NO3/c1-11-3-2-4-12(9-11)5-7-16-10-14-13(15(17)18)6-8-19-14/h6,8,11-12,16H,2-5,7,9-10H2,1H3,(H,17,18). The number of nitrogens with one attached hydrogen (secondary N) is 1. The summed E-state index contributed by atoms with van der Waals surface area (Å²) >= 11 is 0. The highest BCUT2D eigenvalue weighted by atomic mass is 16.4. The van der Waals surface area contributed by atoms with Gasteiger partial charge in [-0.2, -0.15) is 0 Å². The number of rotatable bonds is 6. The molecule has 0 amide bonds. The Labute approximate surface area is 114 Å². The van der Waals surface area contributed by atoms with E-state index in [9.17, 15) is 4.79 Å². The van der Waals surface area contributed by atoms with Crippen molar-refractivity contribution in [2.45, 2.75) is 45.6 Å². The number of carboxylic acids is 1. The third-order valence-electron chi connectivity index (χ3n) is 4.04. The van der Waals surface area contributed by atoms with E-state index in [1.807, 2.05) is 0 Å². The van der Waals surface area contributed by atoms with Crippen LogP contribution in [0, 0.1) is 11.8 Å². The van der Waals surface area contributed by atoms with Crippen molar-refractivity contribution in [3.8, 4) is 0 Å². The Hall–Kier alpha value is -1.29. The average molecular weight is 265 g/mol. The maximum absolute atomic E-state index is 10.9. The molecular formula is C15H23NO3. The third-order valence-corrected chi connectivity index (χ3v) is 4.04. The Kier molecular flexibility index (Phi) is 5.02. The van der Waals surface area contributed by atoms with Gasteiger partial charge < -0.3 is 14.8 Å². The number of furan rings is 1. The van der Waals surface area contributed by atoms with Crippen LogP contribution in [-0.4, -0.2) is 17.6 Å². The molecule has 0 saturated heterocycles. The van der Waals surface area contributed by atoms with Crippen LogP contribution >= 0.6 is 0 Å². The summed E-state index contributed by atoms with van der Waals surface area (Å²) in [5.74, 6) is 1.28. The lowest BCUT2D eigenvalue weighted by atomic mass is 9.81. The number of aromatic carboxylic acids is 1. The van der Waals surface area contributed by atoms with Crippen molar-refractivity contribution in [1.29, 1.82) is 0 Å². The predicted octanol–water partition coefficient (Wildman–Crippen LogP) is 3.28. The van der Waals surface area contributed by atoms with Crippen LogP contribution in [0.2, 0.25) is 0 Å². The van der Waals surface area contributed by atoms with Crippen LogP contribution in [-0.2, 0) is 6.54 Å². The molecule has 0 radical (unpaired) electrons. The van der Waals surface area contributed by atoms with Gasteiger partial charge >= 0.3 is 5.97 Å². The Morgan fingerprint density at radius 3 is 3.11 bits per heavy atom. The van der Waals surface area contributed by atoms with E-state index in [0.29, 0.717) is 12.3 Å². The summed E-state index contributed by atoms with van der Waals surface area (Å²) in [5, 5.41) is 12.2. The molecule has 2 N–H and O–H groups in total. The summed E-state index contributed by atoms with van der Waals surface area (Å²) in [5.41, 5.74) is 0.263. The molecule has 1 aliphatic rings. The first-order valence-corrected chi connectivity index (χ1v) is 7.17. The minimum Gasteiger partial charge on any atom is -0.478 e. The van der Waals surface area contributed by atoms with Gasteiger partial charge in [-0.05, 0) is 37.3 Å². The fourth-order valence-electron chi connectivity index (χ4n) is 3.00. The molecule has 2 rings (SSSR count). The molecule has 1 heterocycles. The minimum absolute atomic E-state index is 0.263. The molecule has 0 aliphatic heterocycles. The van der Waals surface area contributed by atoms with Crippen LogP contribution in [0.3, 0.4) is 0 Å². The van der Waals surface area contributed by atoms with Gasteiger partial charge in [0.1, 0.15) is 11.3 Å². The van der Waals surface area contributed by atoms with Crippen molar-refractivity contribution in [2.75, 3.05) is 6.54 Å². The Balaban J connectivity index is 1.69. The minimum atomic E-state index is -0.924. The summed E-state index contributed by atoms with van der Waals surface area (Å²) in [7, 11) is 0. The predicted molar refractivity (Wildman–Crippen MR) is 73.1 cm³/mol. The van der Waals surface area contributed by atoms with Gasteiger partial charge in [-0.25, -0.2) is 4.79 Å². The van der Waals surface area contributed by atoms with Crippen LogP contribution in [0.1, 0.15) is 55.1 Å². The SMILES string of the molecule is CC1CCCC(CCNCc2occc2C(=O)O)C1. The van der Waals surface area contributed by atoms with Crippen molar-refractivity contribution in [3.63, 3.8) is 0 Å². The molecule has 0 aromatic carbocycles. The molecular weight excluding hydrogens is 242 g/mol. The maximum Gasteiger partial charge on any atom is 0.339 e. The zero-order valence-corrected chi connectivity index (χ0v) is 11.5. The van der Waals surface area contributed by atoms with Crippen LogP contribution in [0.4, 0.5) is 0 Å². The Morgan fingerprint density at radius 1 is 1.53 bits per heavy atom. The van der Waals surface area contributed by atoms with E-state index in [0.717, 1.165) is 18.4 Å². The fourth-order valence-corrected chi connectivity index (χ4v) is 3.00. The molecule has 1 saturated carbocycles. The molecule has 19 heavy (non-hydrogen) atoms. The van der Waals surface area contributed by atoms with E-state index in [2.05, 4.69) is 12.2 Å². The van der Waals surface area contributed by atoms with Gasteiger partial charge in [-0.15, -0.1) is 0 Å². The highest BCUT2D eigenvalue weighted by Gasteiger charge is 2.18. The number of carbonyl (C=O) groups is 1. The van der Waals surface area contributed by atoms with Gasteiger partial charge in [0.05, 0.1) is 12.8 Å². The summed E-state index contributed by atoms with van der Waals surface area (Å²) in [6, 6.07) is 1.50. The zero-order valence-electron chi connectivity index (χ0n) is 11.5. The molecule has 0 bridgehead atoms. The largest absolute Gasteiger partial charge is 0.478 e. The quantitative estimate of drug-likeness (QED) is 0.775. The van der Waals surface area contributed by atoms with Gasteiger partial charge in [0.2, 0.25) is 0 Å². The first-order chi connectivity index (χ1) is 9.16. The van der Waals surface area contributed by atoms with E-state index in [-0.39, 0.29) is 5.56 Å². The fraction of sp³-hybridized carbons (Fsp3) is 0.667. The zero-order chi connectivity index (χ0) is 13.7. The first kappa shape index (κ1) is 14.1. The molecule has 0 spiro atoms. The molecule has 2 atom stereocenters. The number of hydrogen-bond acceptors (Lipinski definition) is 3. The van der Waals surface area contributed by atoms with Crippen molar-refractivity contribution < 1.29 is 14.3 Å². The normalized spacial score (nSPS) is 23.4. The smallest absolute Gasteiger partial charge is 0.339 e. The molecule has 1 aromatic rings. The van der Waals surface area contributed by atoms with E-state index in [4.69, 9.17) is 9.52 Å². The third kappa shape index (κ3) is 4.10. The second-order valence-electron chi connectivity index (χ2n) is 5.67. The second-order valence-corrected chi connectivity index (χ2v) is 5.67. The van der Waals surface area contributed by atoms with Crippen LogP contribution in [0.25, 0.3) is 0 Å². The van der Waals surface area contributed by atoms with Gasteiger partial charge in [0.15, 0.2) is 0 Å². The monoisotopic (exact) mass is 265 g/mol. The Bertz CT molecular complexity index is 413. The van der Waals surface area contributed by atoms with Crippen molar-refractivity contribution in [1.82, 2.24) is 5.32 Å². The highest BCUT2D eigenvalue weighted by Crippen LogP contribution is 2.30. The molecule has 1 fully saturated rings. The lowest BCUT2D eigenvalue weighted by Crippen LogP contribution is -2.21. The molecule has 4 heteroatoms. The van der Waals surface area contributed by atoms with E-state index < -0.39 is 5.97 Å². The molecule has 2 unspecified atom stereocenters. The van der Waals surface area contributed by atoms with Gasteiger partial charge in [0.25, 0.3) is 0 Å². The highest BCUT2D eigenvalue weighted by molar-refractivity contribution is 5.88. The van der Waals surface area contributed by atoms with Gasteiger partial charge in [0, 0.05) is 0 Å². The molecule has 106 valence electrons. The molecule has 1 aliphatic carbocycles. The summed E-state index contributed by atoms with van der Waals surface area (Å²) in [6.07, 6.45) is 8.01. The van der Waals surface area contributed by atoms with E-state index >= 15 is 0 Å². The molecule has 1 aromatic heterocycles. The van der Waals surface area contributed by atoms with Crippen molar-refractivity contribution in [3.05, 3.63) is 23.7 Å². The summed E-state index contributed by atoms with van der Waals surface area (Å²) < 4.78 is 5.19. The average Bonchev–Trinajstić information content (AvgIpc) is 2.83. The van der Waals surface area contributed by atoms with Gasteiger partial charge in [-0.1, -0.05) is 26.2 Å². The Morgan fingerprint density at radius 2 is 2.37 bits per heavy atom. The van der Waals surface area contributed by atoms with Gasteiger partial charge in [-0.3, -0.25) is 0 Å². The second kappa shape index (κ2) is 6.75. The van der Waals surface area contributed by atoms with Crippen molar-refractivity contribution in [2.24, 2.45) is 11.8 Å². The summed E-state index contributed by atoms with van der Waals surface area (Å²) in [6.45, 7) is 3.76. The maximum atomic E-state index is 10.9. The lowest BCUT2D eigenvalue weighted by Gasteiger charge is -2.26.